The van der Waals surface area contributed by atoms with Crippen molar-refractivity contribution in [1.29, 1.82) is 0 Å². The van der Waals surface area contributed by atoms with Crippen LogP contribution in [0.3, 0.4) is 0 Å². The second-order valence-corrected chi connectivity index (χ2v) is 8.97. The molecule has 2 aliphatic heterocycles. The van der Waals surface area contributed by atoms with Crippen molar-refractivity contribution in [3.63, 3.8) is 0 Å². The Morgan fingerprint density at radius 3 is 2.69 bits per heavy atom. The van der Waals surface area contributed by atoms with Crippen LogP contribution in [0.4, 0.5) is 4.79 Å². The lowest BCUT2D eigenvalue weighted by Crippen LogP contribution is -2.45. The molecule has 164 valence electrons. The van der Waals surface area contributed by atoms with Crippen molar-refractivity contribution in [1.82, 2.24) is 25.8 Å². The molecule has 2 unspecified atom stereocenters. The van der Waals surface area contributed by atoms with Crippen LogP contribution in [0.1, 0.15) is 58.8 Å². The molecule has 1 saturated carbocycles. The molecule has 0 aromatic heterocycles. The second kappa shape index (κ2) is 9.78. The SMILES string of the molecule is CCC1(C)NC(=O)N(CCCNC(=NC)NC2CCN(CC3CCCC3)C2)C1=O. The van der Waals surface area contributed by atoms with Gasteiger partial charge in [0, 0.05) is 45.8 Å². The first kappa shape index (κ1) is 21.9. The average Bonchev–Trinajstić information content (AvgIpc) is 3.42. The van der Waals surface area contributed by atoms with E-state index >= 15 is 0 Å². The Morgan fingerprint density at radius 1 is 1.28 bits per heavy atom. The summed E-state index contributed by atoms with van der Waals surface area (Å²) in [5, 5.41) is 9.64. The average molecular weight is 407 g/mol. The number of hydrogen-bond acceptors (Lipinski definition) is 4. The van der Waals surface area contributed by atoms with Gasteiger partial charge in [-0.25, -0.2) is 4.79 Å². The minimum absolute atomic E-state index is 0.124. The van der Waals surface area contributed by atoms with Gasteiger partial charge in [-0.1, -0.05) is 19.8 Å². The van der Waals surface area contributed by atoms with Crippen molar-refractivity contribution in [2.75, 3.05) is 39.8 Å². The van der Waals surface area contributed by atoms with E-state index in [1.54, 1.807) is 14.0 Å². The zero-order valence-corrected chi connectivity index (χ0v) is 18.3. The number of rotatable bonds is 8. The molecule has 3 amide bonds. The van der Waals surface area contributed by atoms with Crippen molar-refractivity contribution < 1.29 is 9.59 Å². The van der Waals surface area contributed by atoms with Crippen molar-refractivity contribution >= 4 is 17.9 Å². The predicted molar refractivity (Wildman–Crippen MR) is 115 cm³/mol. The molecule has 8 nitrogen and oxygen atoms in total. The Balaban J connectivity index is 1.35. The van der Waals surface area contributed by atoms with E-state index in [0.29, 0.717) is 32.0 Å². The smallest absolute Gasteiger partial charge is 0.325 e. The number of nitrogens with zero attached hydrogens (tertiary/aromatic N) is 3. The maximum absolute atomic E-state index is 12.4. The molecule has 8 heteroatoms. The molecule has 0 aromatic rings. The summed E-state index contributed by atoms with van der Waals surface area (Å²) in [6.07, 6.45) is 8.03. The van der Waals surface area contributed by atoms with Gasteiger partial charge < -0.3 is 20.9 Å². The van der Waals surface area contributed by atoms with Gasteiger partial charge in [0.15, 0.2) is 5.96 Å². The zero-order chi connectivity index (χ0) is 20.9. The van der Waals surface area contributed by atoms with Gasteiger partial charge in [0.1, 0.15) is 5.54 Å². The van der Waals surface area contributed by atoms with E-state index in [0.717, 1.165) is 31.4 Å². The fourth-order valence-corrected chi connectivity index (χ4v) is 4.70. The number of aliphatic imine (C=N–C) groups is 1. The third-order valence-corrected chi connectivity index (χ3v) is 6.73. The van der Waals surface area contributed by atoms with Crippen LogP contribution in [0.15, 0.2) is 4.99 Å². The maximum Gasteiger partial charge on any atom is 0.325 e. The first-order valence-corrected chi connectivity index (χ1v) is 11.3. The van der Waals surface area contributed by atoms with Crippen molar-refractivity contribution in [3.05, 3.63) is 0 Å². The number of hydrogen-bond donors (Lipinski definition) is 3. The summed E-state index contributed by atoms with van der Waals surface area (Å²) >= 11 is 0. The Hall–Kier alpha value is -1.83. The van der Waals surface area contributed by atoms with E-state index in [1.807, 2.05) is 6.92 Å². The van der Waals surface area contributed by atoms with Gasteiger partial charge in [0.2, 0.25) is 0 Å². The van der Waals surface area contributed by atoms with Gasteiger partial charge >= 0.3 is 6.03 Å². The number of imide groups is 1. The number of amides is 3. The molecule has 3 aliphatic rings. The monoisotopic (exact) mass is 406 g/mol. The van der Waals surface area contributed by atoms with E-state index in [4.69, 9.17) is 0 Å². The molecule has 0 radical (unpaired) electrons. The minimum atomic E-state index is -0.755. The fourth-order valence-electron chi connectivity index (χ4n) is 4.70. The van der Waals surface area contributed by atoms with Crippen LogP contribution in [-0.2, 0) is 4.79 Å². The molecule has 0 spiro atoms. The van der Waals surface area contributed by atoms with Crippen LogP contribution in [0.25, 0.3) is 0 Å². The molecule has 0 aromatic carbocycles. The molecule has 2 saturated heterocycles. The molecule has 2 atom stereocenters. The molecule has 1 aliphatic carbocycles. The van der Waals surface area contributed by atoms with Crippen molar-refractivity contribution in [3.8, 4) is 0 Å². The highest BCUT2D eigenvalue weighted by atomic mass is 16.2. The summed E-state index contributed by atoms with van der Waals surface area (Å²) in [4.78, 5) is 32.7. The molecule has 0 bridgehead atoms. The van der Waals surface area contributed by atoms with Gasteiger partial charge in [-0.05, 0) is 44.9 Å². The second-order valence-electron chi connectivity index (χ2n) is 8.97. The minimum Gasteiger partial charge on any atom is -0.356 e. The molecular formula is C21H38N6O2. The van der Waals surface area contributed by atoms with Crippen LogP contribution >= 0.6 is 0 Å². The maximum atomic E-state index is 12.4. The lowest BCUT2D eigenvalue weighted by Gasteiger charge is -2.21. The summed E-state index contributed by atoms with van der Waals surface area (Å²) < 4.78 is 0. The lowest BCUT2D eigenvalue weighted by atomic mass is 9.99. The van der Waals surface area contributed by atoms with E-state index in [1.165, 1.54) is 37.1 Å². The summed E-state index contributed by atoms with van der Waals surface area (Å²) in [7, 11) is 1.78. The van der Waals surface area contributed by atoms with Crippen LogP contribution in [-0.4, -0.2) is 79.0 Å². The quantitative estimate of drug-likeness (QED) is 0.246. The molecule has 3 N–H and O–H groups in total. The standard InChI is InChI=1S/C21H38N6O2/c1-4-21(2)18(28)27(20(29)25-21)12-7-11-23-19(22-3)24-17-10-13-26(15-17)14-16-8-5-6-9-16/h16-17H,4-15H2,1-3H3,(H,25,29)(H2,22,23,24). The van der Waals surface area contributed by atoms with E-state index < -0.39 is 5.54 Å². The predicted octanol–water partition coefficient (Wildman–Crippen LogP) is 1.53. The number of carbonyl (C=O) groups is 2. The first-order chi connectivity index (χ1) is 13.9. The highest BCUT2D eigenvalue weighted by molar-refractivity contribution is 6.06. The Bertz CT molecular complexity index is 618. The highest BCUT2D eigenvalue weighted by Crippen LogP contribution is 2.26. The number of nitrogens with one attached hydrogen (secondary N) is 3. The highest BCUT2D eigenvalue weighted by Gasteiger charge is 2.45. The number of likely N-dealkylation sites (tertiary alicyclic amines) is 1. The van der Waals surface area contributed by atoms with Gasteiger partial charge in [0.05, 0.1) is 0 Å². The molecule has 2 heterocycles. The van der Waals surface area contributed by atoms with Crippen LogP contribution in [0.2, 0.25) is 0 Å². The summed E-state index contributed by atoms with van der Waals surface area (Å²) in [6, 6.07) is 0.147. The summed E-state index contributed by atoms with van der Waals surface area (Å²) in [5.74, 6) is 1.57. The number of guanidine groups is 1. The lowest BCUT2D eigenvalue weighted by molar-refractivity contribution is -0.130. The van der Waals surface area contributed by atoms with Gasteiger partial charge in [-0.3, -0.25) is 14.7 Å². The molecule has 3 fully saturated rings. The van der Waals surface area contributed by atoms with Gasteiger partial charge in [-0.15, -0.1) is 0 Å². The van der Waals surface area contributed by atoms with Crippen molar-refractivity contribution in [2.45, 2.75) is 70.4 Å². The topological polar surface area (TPSA) is 89.1 Å². The van der Waals surface area contributed by atoms with E-state index in [2.05, 4.69) is 25.8 Å². The molecule has 29 heavy (non-hydrogen) atoms. The van der Waals surface area contributed by atoms with Gasteiger partial charge in [0.25, 0.3) is 5.91 Å². The Labute approximate surface area is 174 Å². The van der Waals surface area contributed by atoms with Crippen LogP contribution in [0, 0.1) is 5.92 Å². The Kier molecular flexibility index (Phi) is 7.38. The molecule has 3 rings (SSSR count). The largest absolute Gasteiger partial charge is 0.356 e. The summed E-state index contributed by atoms with van der Waals surface area (Å²) in [5.41, 5.74) is -0.755. The summed E-state index contributed by atoms with van der Waals surface area (Å²) in [6.45, 7) is 8.27. The Morgan fingerprint density at radius 2 is 2.03 bits per heavy atom. The van der Waals surface area contributed by atoms with E-state index in [-0.39, 0.29) is 11.9 Å². The van der Waals surface area contributed by atoms with Crippen molar-refractivity contribution in [2.24, 2.45) is 10.9 Å². The number of carbonyl (C=O) groups excluding carboxylic acids is 2. The van der Waals surface area contributed by atoms with Crippen LogP contribution in [0.5, 0.6) is 0 Å². The number of urea groups is 1. The van der Waals surface area contributed by atoms with Crippen LogP contribution < -0.4 is 16.0 Å². The normalized spacial score (nSPS) is 29.0. The first-order valence-electron chi connectivity index (χ1n) is 11.3. The van der Waals surface area contributed by atoms with Gasteiger partial charge in [-0.2, -0.15) is 0 Å². The molecular weight excluding hydrogens is 368 g/mol. The zero-order valence-electron chi connectivity index (χ0n) is 18.3. The third-order valence-electron chi connectivity index (χ3n) is 6.73. The third kappa shape index (κ3) is 5.41. The fraction of sp³-hybridized carbons (Fsp3) is 0.857. The van der Waals surface area contributed by atoms with E-state index in [9.17, 15) is 9.59 Å².